The van der Waals surface area contributed by atoms with E-state index in [-0.39, 0.29) is 36.3 Å². The third-order valence-corrected chi connectivity index (χ3v) is 9.73. The summed E-state index contributed by atoms with van der Waals surface area (Å²) in [6, 6.07) is 8.06. The molecule has 0 radical (unpaired) electrons. The van der Waals surface area contributed by atoms with Gasteiger partial charge in [-0.05, 0) is 86.1 Å². The van der Waals surface area contributed by atoms with Crippen LogP contribution in [-0.2, 0) is 15.8 Å². The minimum atomic E-state index is -3.94. The lowest BCUT2D eigenvalue weighted by Crippen LogP contribution is -2.44. The van der Waals surface area contributed by atoms with Gasteiger partial charge in [-0.3, -0.25) is 14.8 Å². The van der Waals surface area contributed by atoms with E-state index in [2.05, 4.69) is 20.3 Å². The van der Waals surface area contributed by atoms with Crippen molar-refractivity contribution >= 4 is 32.8 Å². The van der Waals surface area contributed by atoms with Crippen molar-refractivity contribution in [1.29, 1.82) is 0 Å². The number of fused-ring (bicyclic) bond motifs is 3. The van der Waals surface area contributed by atoms with Gasteiger partial charge in [0.25, 0.3) is 5.92 Å². The Hall–Kier alpha value is -3.80. The van der Waals surface area contributed by atoms with Gasteiger partial charge < -0.3 is 11.1 Å². The largest absolute Gasteiger partial charge is 0.374 e. The third kappa shape index (κ3) is 5.70. The van der Waals surface area contributed by atoms with Crippen molar-refractivity contribution in [3.8, 4) is 0 Å². The van der Waals surface area contributed by atoms with E-state index in [9.17, 15) is 17.6 Å². The Morgan fingerprint density at radius 1 is 1.22 bits per heavy atom. The molecule has 216 valence electrons. The number of alkyl halides is 2. The molecule has 0 amide bonds. The maximum absolute atomic E-state index is 15.2. The maximum Gasteiger partial charge on any atom is 0.273 e. The zero-order chi connectivity index (χ0) is 29.4. The number of allylic oxidation sites excluding steroid dienone is 3. The summed E-state index contributed by atoms with van der Waals surface area (Å²) < 4.78 is 69.9. The SMILES string of the molecule is CN=CN=C(N)S(=O)(=O)CC1CCC2=CC(Nc3ccc(F)cc3)=C3CCC(F)(F)c4ccnc(c4)C(=O)[C@@]2(C3)C1. The second-order valence-corrected chi connectivity index (χ2v) is 12.8. The van der Waals surface area contributed by atoms with E-state index >= 15 is 8.78 Å². The van der Waals surface area contributed by atoms with Gasteiger partial charge in [-0.1, -0.05) is 5.57 Å². The summed E-state index contributed by atoms with van der Waals surface area (Å²) in [7, 11) is -2.50. The lowest BCUT2D eigenvalue weighted by atomic mass is 9.58. The molecular formula is C29H30F3N5O3S. The van der Waals surface area contributed by atoms with Gasteiger partial charge in [0.1, 0.15) is 17.8 Å². The molecule has 0 aliphatic heterocycles. The van der Waals surface area contributed by atoms with Gasteiger partial charge >= 0.3 is 0 Å². The first kappa shape index (κ1) is 28.7. The molecule has 1 aromatic carbocycles. The van der Waals surface area contributed by atoms with Crippen LogP contribution in [0, 0.1) is 17.2 Å². The smallest absolute Gasteiger partial charge is 0.273 e. The van der Waals surface area contributed by atoms with E-state index in [1.807, 2.05) is 6.08 Å². The number of carbonyl (C=O) groups excluding carboxylic acids is 1. The first-order chi connectivity index (χ1) is 19.4. The molecule has 0 saturated heterocycles. The van der Waals surface area contributed by atoms with Crippen LogP contribution in [0.1, 0.15) is 54.6 Å². The van der Waals surface area contributed by atoms with Gasteiger partial charge in [-0.2, -0.15) is 0 Å². The molecule has 41 heavy (non-hydrogen) atoms. The van der Waals surface area contributed by atoms with E-state index in [0.717, 1.165) is 18.0 Å². The zero-order valence-electron chi connectivity index (χ0n) is 22.4. The van der Waals surface area contributed by atoms with E-state index in [1.54, 1.807) is 12.1 Å². The lowest BCUT2D eigenvalue weighted by Gasteiger charge is -2.45. The Kier molecular flexibility index (Phi) is 7.62. The number of carbonyl (C=O) groups is 1. The fourth-order valence-corrected chi connectivity index (χ4v) is 7.31. The highest BCUT2D eigenvalue weighted by atomic mass is 32.2. The number of halogens is 3. The number of benzene rings is 1. The molecule has 2 atom stereocenters. The minimum absolute atomic E-state index is 0.00802. The number of hydrogen-bond acceptors (Lipinski definition) is 6. The quantitative estimate of drug-likeness (QED) is 0.369. The number of nitrogens with one attached hydrogen (secondary N) is 1. The summed E-state index contributed by atoms with van der Waals surface area (Å²) in [5, 5.41) is 2.68. The normalized spacial score (nSPS) is 24.6. The number of nitrogens with two attached hydrogens (primary N) is 1. The van der Waals surface area contributed by atoms with Crippen LogP contribution in [0.25, 0.3) is 0 Å². The average molecular weight is 586 g/mol. The standard InChI is InChI=1S/C29H30F3N5O3S/c1-34-17-36-27(33)41(39,40)16-18-2-3-20-12-24(37-23-6-4-22(30)5-7-23)19-8-10-29(31,32)21-9-11-35-25(13-21)26(38)28(20,14-18)15-19/h4-7,9,11-13,17-18,37H,2-3,8,10,14-16H2,1H3,(H2,33,34,36)/t18?,28-/m1/s1. The number of hydrogen-bond donors (Lipinski definition) is 2. The van der Waals surface area contributed by atoms with Crippen LogP contribution in [0.3, 0.4) is 0 Å². The third-order valence-electron chi connectivity index (χ3n) is 8.08. The topological polar surface area (TPSA) is 127 Å². The van der Waals surface area contributed by atoms with Crippen molar-refractivity contribution < 1.29 is 26.4 Å². The Morgan fingerprint density at radius 3 is 2.71 bits per heavy atom. The van der Waals surface area contributed by atoms with Crippen molar-refractivity contribution in [2.75, 3.05) is 18.1 Å². The van der Waals surface area contributed by atoms with E-state index in [4.69, 9.17) is 5.73 Å². The highest BCUT2D eigenvalue weighted by Crippen LogP contribution is 2.54. The van der Waals surface area contributed by atoms with Crippen molar-refractivity contribution in [3.05, 3.63) is 82.6 Å². The number of aliphatic imine (C=N–C) groups is 2. The predicted octanol–water partition coefficient (Wildman–Crippen LogP) is 5.16. The number of nitrogens with zero attached hydrogens (tertiary/aromatic N) is 3. The van der Waals surface area contributed by atoms with Crippen LogP contribution in [0.5, 0.6) is 0 Å². The molecule has 2 aromatic rings. The Morgan fingerprint density at radius 2 is 1.98 bits per heavy atom. The molecule has 4 bridgehead atoms. The summed E-state index contributed by atoms with van der Waals surface area (Å²) in [4.78, 5) is 25.7. The minimum Gasteiger partial charge on any atom is -0.374 e. The van der Waals surface area contributed by atoms with Gasteiger partial charge in [0, 0.05) is 36.6 Å². The van der Waals surface area contributed by atoms with Crippen molar-refractivity contribution in [2.45, 2.75) is 44.4 Å². The summed E-state index contributed by atoms with van der Waals surface area (Å²) in [6.07, 6.45) is 4.80. The molecule has 3 aliphatic rings. The van der Waals surface area contributed by atoms with Gasteiger partial charge in [-0.15, -0.1) is 0 Å². The van der Waals surface area contributed by atoms with Crippen LogP contribution in [0.15, 0.2) is 75.5 Å². The number of ketones is 1. The fourth-order valence-electron chi connectivity index (χ4n) is 6.02. The lowest BCUT2D eigenvalue weighted by molar-refractivity contribution is -0.0139. The number of sulfone groups is 1. The number of anilines is 1. The molecule has 3 aliphatic carbocycles. The number of amidine groups is 1. The summed E-state index contributed by atoms with van der Waals surface area (Å²) >= 11 is 0. The molecule has 1 unspecified atom stereocenters. The predicted molar refractivity (Wildman–Crippen MR) is 151 cm³/mol. The van der Waals surface area contributed by atoms with Gasteiger partial charge in [0.15, 0.2) is 5.78 Å². The first-order valence-electron chi connectivity index (χ1n) is 13.2. The second-order valence-electron chi connectivity index (χ2n) is 10.8. The molecule has 1 heterocycles. The summed E-state index contributed by atoms with van der Waals surface area (Å²) in [6.45, 7) is 0. The molecule has 5 rings (SSSR count). The highest BCUT2D eigenvalue weighted by Gasteiger charge is 2.51. The highest BCUT2D eigenvalue weighted by molar-refractivity contribution is 8.06. The molecule has 1 saturated carbocycles. The molecule has 1 fully saturated rings. The Labute approximate surface area is 236 Å². The summed E-state index contributed by atoms with van der Waals surface area (Å²) in [5.74, 6) is -4.76. The Bertz CT molecular complexity index is 1600. The van der Waals surface area contributed by atoms with Gasteiger partial charge in [-0.25, -0.2) is 26.6 Å². The summed E-state index contributed by atoms with van der Waals surface area (Å²) in [5.41, 5.74) is 6.77. The number of aromatic nitrogens is 1. The zero-order valence-corrected chi connectivity index (χ0v) is 23.2. The van der Waals surface area contributed by atoms with Crippen LogP contribution in [-0.4, -0.2) is 43.5 Å². The molecule has 8 nitrogen and oxygen atoms in total. The van der Waals surface area contributed by atoms with E-state index in [1.165, 1.54) is 31.4 Å². The maximum atomic E-state index is 15.2. The van der Waals surface area contributed by atoms with Crippen LogP contribution in [0.4, 0.5) is 18.9 Å². The number of pyridine rings is 1. The number of rotatable bonds is 5. The van der Waals surface area contributed by atoms with Crippen molar-refractivity contribution in [3.63, 3.8) is 0 Å². The number of Topliss-reactive ketones (excluding diaryl/α,β-unsaturated/α-hetero) is 1. The molecule has 1 spiro atoms. The van der Waals surface area contributed by atoms with Crippen molar-refractivity contribution in [1.82, 2.24) is 4.98 Å². The van der Waals surface area contributed by atoms with E-state index < -0.39 is 50.3 Å². The monoisotopic (exact) mass is 585 g/mol. The molecule has 12 heteroatoms. The van der Waals surface area contributed by atoms with Crippen molar-refractivity contribution in [2.24, 2.45) is 27.1 Å². The fraction of sp³-hybridized carbons (Fsp3) is 0.379. The Balaban J connectivity index is 1.58. The average Bonchev–Trinajstić information content (AvgIpc) is 2.95. The van der Waals surface area contributed by atoms with Gasteiger partial charge in [0.2, 0.25) is 15.0 Å². The van der Waals surface area contributed by atoms with Crippen LogP contribution >= 0.6 is 0 Å². The van der Waals surface area contributed by atoms with Gasteiger partial charge in [0.05, 0.1) is 11.2 Å². The molecule has 3 N–H and O–H groups in total. The molecule has 1 aromatic heterocycles. The molecular weight excluding hydrogens is 555 g/mol. The second kappa shape index (κ2) is 10.9. The van der Waals surface area contributed by atoms with E-state index in [0.29, 0.717) is 29.8 Å². The first-order valence-corrected chi connectivity index (χ1v) is 14.9. The van der Waals surface area contributed by atoms with Crippen LogP contribution < -0.4 is 11.1 Å². The van der Waals surface area contributed by atoms with Crippen LogP contribution in [0.2, 0.25) is 0 Å².